The molecule has 2 aliphatic rings. The molecule has 192 valence electrons. The molecule has 4 rings (SSSR count). The van der Waals surface area contributed by atoms with Gasteiger partial charge in [-0.15, -0.1) is 6.58 Å². The molecule has 0 amide bonds. The largest absolute Gasteiger partial charge is 0.494 e. The molecule has 1 aliphatic heterocycles. The first-order valence-electron chi connectivity index (χ1n) is 12.2. The molecule has 0 fully saturated rings. The molecule has 1 unspecified atom stereocenters. The maximum Gasteiger partial charge on any atom is 0.201 e. The Balaban J connectivity index is 1.50. The van der Waals surface area contributed by atoms with Crippen LogP contribution in [-0.2, 0) is 0 Å². The van der Waals surface area contributed by atoms with E-state index in [1.54, 1.807) is 18.3 Å². The molecule has 7 heteroatoms. The third-order valence-corrected chi connectivity index (χ3v) is 6.91. The highest BCUT2D eigenvalue weighted by Gasteiger charge is 2.30. The normalized spacial score (nSPS) is 17.2. The zero-order valence-electron chi connectivity index (χ0n) is 20.9. The lowest BCUT2D eigenvalue weighted by Crippen LogP contribution is -2.18. The van der Waals surface area contributed by atoms with Crippen molar-refractivity contribution in [2.45, 2.75) is 32.6 Å². The Morgan fingerprint density at radius 2 is 2.11 bits per heavy atom. The Labute approximate surface area is 221 Å². The fraction of sp³-hybridized carbons (Fsp3) is 0.267. The second-order valence-electron chi connectivity index (χ2n) is 9.21. The number of allylic oxidation sites excluding steroid dienone is 6. The lowest BCUT2D eigenvalue weighted by molar-refractivity contribution is 0.0975. The number of halogens is 3. The van der Waals surface area contributed by atoms with Crippen LogP contribution in [0, 0.1) is 23.5 Å². The SMILES string of the molecule is C=CC[C@H](C)CCC(=O)c1ccc(NC2=CCC=CC3C(c4ccc(OC)c(F)c4F)=CN=C23)cc1Cl. The van der Waals surface area contributed by atoms with Crippen LogP contribution in [0.5, 0.6) is 5.75 Å². The zero-order valence-corrected chi connectivity index (χ0v) is 21.6. The molecular weight excluding hydrogens is 494 g/mol. The van der Waals surface area contributed by atoms with Crippen molar-refractivity contribution in [3.05, 3.63) is 101 Å². The van der Waals surface area contributed by atoms with E-state index in [0.29, 0.717) is 46.3 Å². The minimum absolute atomic E-state index is 0.00756. The summed E-state index contributed by atoms with van der Waals surface area (Å²) in [7, 11) is 1.30. The number of hydrogen-bond donors (Lipinski definition) is 1. The number of nitrogens with one attached hydrogen (secondary N) is 1. The van der Waals surface area contributed by atoms with Gasteiger partial charge in [0.1, 0.15) is 0 Å². The number of carbonyl (C=O) groups is 1. The number of rotatable bonds is 10. The second-order valence-corrected chi connectivity index (χ2v) is 9.62. The summed E-state index contributed by atoms with van der Waals surface area (Å²) < 4.78 is 34.1. The van der Waals surface area contributed by atoms with Gasteiger partial charge in [-0.1, -0.05) is 42.8 Å². The van der Waals surface area contributed by atoms with Crippen LogP contribution in [0.25, 0.3) is 5.57 Å². The Morgan fingerprint density at radius 1 is 1.30 bits per heavy atom. The van der Waals surface area contributed by atoms with E-state index in [4.69, 9.17) is 16.3 Å². The zero-order chi connectivity index (χ0) is 26.5. The van der Waals surface area contributed by atoms with Crippen molar-refractivity contribution in [2.24, 2.45) is 16.8 Å². The Kier molecular flexibility index (Phi) is 8.39. The molecule has 1 aliphatic carbocycles. The summed E-state index contributed by atoms with van der Waals surface area (Å²) in [5.74, 6) is -2.10. The van der Waals surface area contributed by atoms with Crippen LogP contribution in [0.15, 0.2) is 78.1 Å². The Bertz CT molecular complexity index is 1340. The monoisotopic (exact) mass is 522 g/mol. The lowest BCUT2D eigenvalue weighted by atomic mass is 9.89. The molecule has 0 bridgehead atoms. The predicted molar refractivity (Wildman–Crippen MR) is 146 cm³/mol. The highest BCUT2D eigenvalue weighted by molar-refractivity contribution is 6.34. The van der Waals surface area contributed by atoms with E-state index in [1.807, 2.05) is 30.4 Å². The molecule has 2 aromatic carbocycles. The summed E-state index contributed by atoms with van der Waals surface area (Å²) in [4.78, 5) is 17.2. The fourth-order valence-electron chi connectivity index (χ4n) is 4.54. The molecular formula is C30H29ClF2N2O2. The number of hydrogen-bond acceptors (Lipinski definition) is 4. The predicted octanol–water partition coefficient (Wildman–Crippen LogP) is 8.17. The molecule has 0 saturated carbocycles. The maximum atomic E-state index is 14.8. The van der Waals surface area contributed by atoms with Gasteiger partial charge in [-0.2, -0.15) is 4.39 Å². The first-order chi connectivity index (χ1) is 17.8. The van der Waals surface area contributed by atoms with Crippen molar-refractivity contribution >= 4 is 34.4 Å². The quantitative estimate of drug-likeness (QED) is 0.253. The van der Waals surface area contributed by atoms with Crippen molar-refractivity contribution in [1.29, 1.82) is 0 Å². The van der Waals surface area contributed by atoms with E-state index in [1.165, 1.54) is 19.2 Å². The second kappa shape index (κ2) is 11.7. The van der Waals surface area contributed by atoms with Crippen molar-refractivity contribution in [1.82, 2.24) is 0 Å². The van der Waals surface area contributed by atoms with E-state index < -0.39 is 11.6 Å². The topological polar surface area (TPSA) is 50.7 Å². The number of ketones is 1. The van der Waals surface area contributed by atoms with Crippen molar-refractivity contribution in [2.75, 3.05) is 12.4 Å². The van der Waals surface area contributed by atoms with Crippen LogP contribution in [0.2, 0.25) is 5.02 Å². The number of methoxy groups -OCH3 is 1. The average molecular weight is 523 g/mol. The van der Waals surface area contributed by atoms with Crippen LogP contribution in [0.1, 0.15) is 48.5 Å². The molecule has 0 radical (unpaired) electrons. The van der Waals surface area contributed by atoms with Gasteiger partial charge >= 0.3 is 0 Å². The summed E-state index contributed by atoms with van der Waals surface area (Å²) in [5, 5.41) is 3.72. The first kappa shape index (κ1) is 26.6. The smallest absolute Gasteiger partial charge is 0.201 e. The number of ether oxygens (including phenoxy) is 1. The van der Waals surface area contributed by atoms with Crippen molar-refractivity contribution in [3.63, 3.8) is 0 Å². The summed E-state index contributed by atoms with van der Waals surface area (Å²) >= 11 is 6.49. The standard InChI is InChI=1S/C30H29ClF2N2O2/c1-4-7-18(2)10-14-26(36)22-12-11-19(16-24(22)31)35-25-9-6-5-8-21-23(17-34-30(21)25)20-13-15-27(37-3)29(33)28(20)32/h4-5,8-9,11-13,15-18,21,35H,1,6-7,10,14H2,2-3H3/t18-,21?/m0/s1. The van der Waals surface area contributed by atoms with Crippen LogP contribution in [0.4, 0.5) is 14.5 Å². The van der Waals surface area contributed by atoms with Crippen LogP contribution < -0.4 is 10.1 Å². The lowest BCUT2D eigenvalue weighted by Gasteiger charge is -2.18. The van der Waals surface area contributed by atoms with E-state index >= 15 is 0 Å². The molecule has 0 aromatic heterocycles. The fourth-order valence-corrected chi connectivity index (χ4v) is 4.82. The van der Waals surface area contributed by atoms with Crippen molar-refractivity contribution < 1.29 is 18.3 Å². The van der Waals surface area contributed by atoms with Gasteiger partial charge in [0.15, 0.2) is 17.3 Å². The third kappa shape index (κ3) is 5.75. The van der Waals surface area contributed by atoms with Gasteiger partial charge in [0.05, 0.1) is 23.5 Å². The van der Waals surface area contributed by atoms with Gasteiger partial charge in [-0.3, -0.25) is 9.79 Å². The van der Waals surface area contributed by atoms with Crippen LogP contribution >= 0.6 is 11.6 Å². The molecule has 0 saturated heterocycles. The number of benzene rings is 2. The Hall–Kier alpha value is -3.51. The maximum absolute atomic E-state index is 14.8. The highest BCUT2D eigenvalue weighted by Crippen LogP contribution is 2.38. The summed E-state index contributed by atoms with van der Waals surface area (Å²) in [6.45, 7) is 5.84. The van der Waals surface area contributed by atoms with Gasteiger partial charge in [0.2, 0.25) is 5.82 Å². The van der Waals surface area contributed by atoms with E-state index in [9.17, 15) is 13.6 Å². The molecule has 37 heavy (non-hydrogen) atoms. The number of anilines is 1. The Morgan fingerprint density at radius 3 is 2.84 bits per heavy atom. The van der Waals surface area contributed by atoms with Crippen LogP contribution in [-0.4, -0.2) is 18.6 Å². The van der Waals surface area contributed by atoms with E-state index in [0.717, 1.165) is 18.5 Å². The van der Waals surface area contributed by atoms with Gasteiger partial charge in [-0.05, 0) is 61.1 Å². The molecule has 0 spiro atoms. The van der Waals surface area contributed by atoms with Crippen molar-refractivity contribution in [3.8, 4) is 5.75 Å². The van der Waals surface area contributed by atoms with Gasteiger partial charge in [0, 0.05) is 35.4 Å². The first-order valence-corrected chi connectivity index (χ1v) is 12.6. The molecule has 4 nitrogen and oxygen atoms in total. The number of Topliss-reactive ketones (excluding diaryl/α,β-unsaturated/α-hetero) is 1. The molecule has 1 N–H and O–H groups in total. The average Bonchev–Trinajstić information content (AvgIpc) is 3.19. The molecule has 1 heterocycles. The minimum Gasteiger partial charge on any atom is -0.494 e. The minimum atomic E-state index is -1.03. The summed E-state index contributed by atoms with van der Waals surface area (Å²) in [6, 6.07) is 8.17. The van der Waals surface area contributed by atoms with Gasteiger partial charge in [0.25, 0.3) is 0 Å². The van der Waals surface area contributed by atoms with Gasteiger partial charge < -0.3 is 10.1 Å². The van der Waals surface area contributed by atoms with E-state index in [-0.39, 0.29) is 23.0 Å². The van der Waals surface area contributed by atoms with E-state index in [2.05, 4.69) is 23.8 Å². The molecule has 2 aromatic rings. The number of aliphatic imine (C=N–C) groups is 1. The molecule has 2 atom stereocenters. The van der Waals surface area contributed by atoms with Gasteiger partial charge in [-0.25, -0.2) is 4.39 Å². The highest BCUT2D eigenvalue weighted by atomic mass is 35.5. The number of nitrogens with zero attached hydrogens (tertiary/aromatic N) is 1. The number of fused-ring (bicyclic) bond motifs is 1. The summed E-state index contributed by atoms with van der Waals surface area (Å²) in [6.07, 6.45) is 12.0. The number of carbonyl (C=O) groups excluding carboxylic acids is 1. The summed E-state index contributed by atoms with van der Waals surface area (Å²) in [5.41, 5.74) is 3.32. The van der Waals surface area contributed by atoms with Crippen LogP contribution in [0.3, 0.4) is 0 Å². The third-order valence-electron chi connectivity index (χ3n) is 6.59.